The van der Waals surface area contributed by atoms with Gasteiger partial charge in [-0.25, -0.2) is 4.39 Å². The van der Waals surface area contributed by atoms with Crippen molar-refractivity contribution in [2.45, 2.75) is 20.4 Å². The van der Waals surface area contributed by atoms with E-state index in [0.29, 0.717) is 29.7 Å². The van der Waals surface area contributed by atoms with E-state index in [1.165, 1.54) is 0 Å². The molecule has 0 saturated heterocycles. The molecule has 0 aliphatic carbocycles. The Balaban J connectivity index is 2.09. The molecule has 0 amide bonds. The predicted molar refractivity (Wildman–Crippen MR) is 70.6 cm³/mol. The van der Waals surface area contributed by atoms with Crippen LogP contribution in [0.25, 0.3) is 0 Å². The Labute approximate surface area is 112 Å². The van der Waals surface area contributed by atoms with Gasteiger partial charge in [-0.2, -0.15) is 0 Å². The number of halogens is 1. The van der Waals surface area contributed by atoms with Crippen molar-refractivity contribution in [3.63, 3.8) is 0 Å². The summed E-state index contributed by atoms with van der Waals surface area (Å²) >= 11 is 0. The minimum Gasteiger partial charge on any atom is -0.490 e. The first kappa shape index (κ1) is 13.9. The molecule has 1 aromatic carbocycles. The second-order valence-corrected chi connectivity index (χ2v) is 4.88. The van der Waals surface area contributed by atoms with Crippen LogP contribution in [-0.2, 0) is 6.54 Å². The Bertz CT molecular complexity index is 423. The number of ether oxygens (including phenoxy) is 3. The number of hydrogen-bond donors (Lipinski definition) is 1. The van der Waals surface area contributed by atoms with Crippen LogP contribution in [0.3, 0.4) is 0 Å². The van der Waals surface area contributed by atoms with Crippen molar-refractivity contribution in [3.8, 4) is 17.2 Å². The molecule has 1 aromatic rings. The molecule has 0 bridgehead atoms. The Morgan fingerprint density at radius 3 is 2.74 bits per heavy atom. The monoisotopic (exact) mass is 269 g/mol. The van der Waals surface area contributed by atoms with Gasteiger partial charge in [0.25, 0.3) is 0 Å². The van der Waals surface area contributed by atoms with E-state index in [9.17, 15) is 4.39 Å². The molecule has 0 saturated carbocycles. The van der Waals surface area contributed by atoms with Crippen LogP contribution < -0.4 is 19.5 Å². The molecule has 0 spiro atoms. The SMILES string of the molecule is CC(C)CNCc1cc2c(cc1OCCF)OCO2. The van der Waals surface area contributed by atoms with E-state index in [4.69, 9.17) is 14.2 Å². The van der Waals surface area contributed by atoms with Gasteiger partial charge < -0.3 is 19.5 Å². The lowest BCUT2D eigenvalue weighted by Crippen LogP contribution is -2.19. The van der Waals surface area contributed by atoms with Crippen LogP contribution in [0.5, 0.6) is 17.2 Å². The van der Waals surface area contributed by atoms with Gasteiger partial charge in [-0.3, -0.25) is 0 Å². The van der Waals surface area contributed by atoms with E-state index in [1.807, 2.05) is 6.07 Å². The predicted octanol–water partition coefficient (Wildman–Crippen LogP) is 2.51. The zero-order valence-electron chi connectivity index (χ0n) is 11.4. The molecule has 5 heteroatoms. The fraction of sp³-hybridized carbons (Fsp3) is 0.571. The molecule has 1 heterocycles. The number of benzene rings is 1. The van der Waals surface area contributed by atoms with E-state index in [1.54, 1.807) is 6.07 Å². The first-order valence-electron chi connectivity index (χ1n) is 6.52. The number of nitrogens with one attached hydrogen (secondary N) is 1. The van der Waals surface area contributed by atoms with Crippen LogP contribution in [0.2, 0.25) is 0 Å². The molecule has 1 aliphatic rings. The van der Waals surface area contributed by atoms with Gasteiger partial charge in [0.15, 0.2) is 11.5 Å². The fourth-order valence-corrected chi connectivity index (χ4v) is 1.88. The molecule has 2 rings (SSSR count). The van der Waals surface area contributed by atoms with E-state index >= 15 is 0 Å². The smallest absolute Gasteiger partial charge is 0.231 e. The highest BCUT2D eigenvalue weighted by Gasteiger charge is 2.18. The molecule has 0 atom stereocenters. The quantitative estimate of drug-likeness (QED) is 0.825. The number of rotatable bonds is 7. The van der Waals surface area contributed by atoms with Crippen LogP contribution in [0, 0.1) is 5.92 Å². The fourth-order valence-electron chi connectivity index (χ4n) is 1.88. The lowest BCUT2D eigenvalue weighted by Gasteiger charge is -2.13. The van der Waals surface area contributed by atoms with Crippen molar-refractivity contribution in [3.05, 3.63) is 17.7 Å². The van der Waals surface area contributed by atoms with Gasteiger partial charge in [0.1, 0.15) is 19.0 Å². The lowest BCUT2D eigenvalue weighted by molar-refractivity contribution is 0.173. The zero-order valence-corrected chi connectivity index (χ0v) is 11.4. The van der Waals surface area contributed by atoms with Gasteiger partial charge >= 0.3 is 0 Å². The molecule has 0 fully saturated rings. The summed E-state index contributed by atoms with van der Waals surface area (Å²) in [5.74, 6) is 2.60. The molecule has 4 nitrogen and oxygen atoms in total. The standard InChI is InChI=1S/C14H20FNO3/c1-10(2)7-16-8-11-5-13-14(19-9-18-13)6-12(11)17-4-3-15/h5-6,10,16H,3-4,7-9H2,1-2H3. The summed E-state index contributed by atoms with van der Waals surface area (Å²) in [6.07, 6.45) is 0. The number of fused-ring (bicyclic) bond motifs is 1. The summed E-state index contributed by atoms with van der Waals surface area (Å²) in [5, 5.41) is 3.34. The van der Waals surface area contributed by atoms with Crippen molar-refractivity contribution < 1.29 is 18.6 Å². The average Bonchev–Trinajstić information content (AvgIpc) is 2.82. The molecule has 0 aromatic heterocycles. The van der Waals surface area contributed by atoms with Gasteiger partial charge in [-0.15, -0.1) is 0 Å². The summed E-state index contributed by atoms with van der Waals surface area (Å²) in [7, 11) is 0. The summed E-state index contributed by atoms with van der Waals surface area (Å²) in [4.78, 5) is 0. The molecule has 0 unspecified atom stereocenters. The topological polar surface area (TPSA) is 39.7 Å². The largest absolute Gasteiger partial charge is 0.490 e. The first-order valence-corrected chi connectivity index (χ1v) is 6.52. The first-order chi connectivity index (χ1) is 9.20. The molecular formula is C14H20FNO3. The zero-order chi connectivity index (χ0) is 13.7. The van der Waals surface area contributed by atoms with Gasteiger partial charge in [0, 0.05) is 18.2 Å². The summed E-state index contributed by atoms with van der Waals surface area (Å²) in [6.45, 7) is 5.64. The van der Waals surface area contributed by atoms with Crippen LogP contribution in [0.1, 0.15) is 19.4 Å². The lowest BCUT2D eigenvalue weighted by atomic mass is 10.1. The second-order valence-electron chi connectivity index (χ2n) is 4.88. The minimum absolute atomic E-state index is 0.0524. The summed E-state index contributed by atoms with van der Waals surface area (Å²) in [5.41, 5.74) is 0.957. The summed E-state index contributed by atoms with van der Waals surface area (Å²) in [6, 6.07) is 3.66. The van der Waals surface area contributed by atoms with E-state index in [-0.39, 0.29) is 13.4 Å². The molecule has 0 radical (unpaired) electrons. The van der Waals surface area contributed by atoms with Gasteiger partial charge in [0.2, 0.25) is 6.79 Å². The average molecular weight is 269 g/mol. The van der Waals surface area contributed by atoms with E-state index < -0.39 is 6.67 Å². The Morgan fingerprint density at radius 2 is 2.05 bits per heavy atom. The third-order valence-electron chi connectivity index (χ3n) is 2.76. The number of alkyl halides is 1. The Morgan fingerprint density at radius 1 is 1.32 bits per heavy atom. The molecule has 106 valence electrons. The van der Waals surface area contributed by atoms with Crippen LogP contribution in [0.15, 0.2) is 12.1 Å². The van der Waals surface area contributed by atoms with Crippen LogP contribution in [0.4, 0.5) is 4.39 Å². The maximum absolute atomic E-state index is 12.2. The van der Waals surface area contributed by atoms with Crippen molar-refractivity contribution in [2.24, 2.45) is 5.92 Å². The highest BCUT2D eigenvalue weighted by Crippen LogP contribution is 2.38. The third kappa shape index (κ3) is 3.73. The van der Waals surface area contributed by atoms with E-state index in [2.05, 4.69) is 19.2 Å². The molecule has 1 N–H and O–H groups in total. The van der Waals surface area contributed by atoms with Crippen molar-refractivity contribution in [1.29, 1.82) is 0 Å². The highest BCUT2D eigenvalue weighted by atomic mass is 19.1. The summed E-state index contributed by atoms with van der Waals surface area (Å²) < 4.78 is 28.3. The molecule has 1 aliphatic heterocycles. The van der Waals surface area contributed by atoms with E-state index in [0.717, 1.165) is 12.1 Å². The minimum atomic E-state index is -0.507. The van der Waals surface area contributed by atoms with Gasteiger partial charge in [-0.1, -0.05) is 13.8 Å². The second kappa shape index (κ2) is 6.61. The maximum atomic E-state index is 12.2. The third-order valence-corrected chi connectivity index (χ3v) is 2.76. The Kier molecular flexibility index (Phi) is 4.85. The van der Waals surface area contributed by atoms with Crippen LogP contribution in [-0.4, -0.2) is 26.6 Å². The maximum Gasteiger partial charge on any atom is 0.231 e. The van der Waals surface area contributed by atoms with Crippen molar-refractivity contribution >= 4 is 0 Å². The van der Waals surface area contributed by atoms with Gasteiger partial charge in [0.05, 0.1) is 0 Å². The Hall–Kier alpha value is -1.49. The van der Waals surface area contributed by atoms with Crippen molar-refractivity contribution in [2.75, 3.05) is 26.6 Å². The normalized spacial score (nSPS) is 13.1. The highest BCUT2D eigenvalue weighted by molar-refractivity contribution is 5.51. The number of hydrogen-bond acceptors (Lipinski definition) is 4. The van der Waals surface area contributed by atoms with Crippen molar-refractivity contribution in [1.82, 2.24) is 5.32 Å². The van der Waals surface area contributed by atoms with Crippen LogP contribution >= 0.6 is 0 Å². The van der Waals surface area contributed by atoms with Gasteiger partial charge in [-0.05, 0) is 18.5 Å². The molecular weight excluding hydrogens is 249 g/mol. The molecule has 19 heavy (non-hydrogen) atoms.